The lowest BCUT2D eigenvalue weighted by Crippen LogP contribution is -2.28. The van der Waals surface area contributed by atoms with Crippen LogP contribution < -0.4 is 10.9 Å². The van der Waals surface area contributed by atoms with Crippen molar-refractivity contribution < 1.29 is 0 Å². The molecule has 0 saturated carbocycles. The Bertz CT molecular complexity index is 87.6. The SMILES string of the molecule is N#CC1CCNN1. The topological polar surface area (TPSA) is 47.9 Å². The smallest absolute Gasteiger partial charge is 0.109 e. The number of hydrogen-bond acceptors (Lipinski definition) is 3. The molecule has 0 aromatic heterocycles. The number of nitrogens with one attached hydrogen (secondary N) is 2. The van der Waals surface area contributed by atoms with Crippen LogP contribution >= 0.6 is 0 Å². The minimum Gasteiger partial charge on any atom is -0.257 e. The fourth-order valence-electron chi connectivity index (χ4n) is 0.581. The molecule has 0 amide bonds. The van der Waals surface area contributed by atoms with Gasteiger partial charge in [-0.1, -0.05) is 0 Å². The molecule has 1 heterocycles. The molecular formula is C4H7N3. The van der Waals surface area contributed by atoms with E-state index in [4.69, 9.17) is 5.26 Å². The first-order valence-electron chi connectivity index (χ1n) is 2.31. The maximum Gasteiger partial charge on any atom is 0.109 e. The van der Waals surface area contributed by atoms with Crippen molar-refractivity contribution in [3.63, 3.8) is 0 Å². The zero-order valence-electron chi connectivity index (χ0n) is 3.94. The molecule has 38 valence electrons. The summed E-state index contributed by atoms with van der Waals surface area (Å²) in [7, 11) is 0. The second kappa shape index (κ2) is 1.92. The Kier molecular flexibility index (Phi) is 1.25. The molecule has 1 aliphatic heterocycles. The fraction of sp³-hybridized carbons (Fsp3) is 0.750. The summed E-state index contributed by atoms with van der Waals surface area (Å²) in [6.45, 7) is 0.915. The zero-order valence-corrected chi connectivity index (χ0v) is 3.94. The summed E-state index contributed by atoms with van der Waals surface area (Å²) in [5.41, 5.74) is 5.65. The molecule has 3 nitrogen and oxygen atoms in total. The molecule has 1 atom stereocenters. The molecule has 0 radical (unpaired) electrons. The van der Waals surface area contributed by atoms with Gasteiger partial charge in [-0.2, -0.15) is 5.26 Å². The average molecular weight is 97.1 g/mol. The lowest BCUT2D eigenvalue weighted by Gasteiger charge is -1.91. The van der Waals surface area contributed by atoms with Crippen LogP contribution in [-0.2, 0) is 0 Å². The fourth-order valence-corrected chi connectivity index (χ4v) is 0.581. The molecular weight excluding hydrogens is 90.1 g/mol. The second-order valence-electron chi connectivity index (χ2n) is 1.54. The van der Waals surface area contributed by atoms with Crippen LogP contribution in [0.1, 0.15) is 6.42 Å². The van der Waals surface area contributed by atoms with E-state index in [-0.39, 0.29) is 6.04 Å². The van der Waals surface area contributed by atoms with Gasteiger partial charge >= 0.3 is 0 Å². The Balaban J connectivity index is 2.31. The van der Waals surface area contributed by atoms with Gasteiger partial charge in [0.25, 0.3) is 0 Å². The molecule has 1 saturated heterocycles. The standard InChI is InChI=1S/C4H7N3/c5-3-4-1-2-6-7-4/h4,6-7H,1-2H2. The van der Waals surface area contributed by atoms with Crippen LogP contribution in [0.5, 0.6) is 0 Å². The average Bonchev–Trinajstić information content (AvgIpc) is 2.14. The van der Waals surface area contributed by atoms with Gasteiger partial charge in [-0.3, -0.25) is 5.43 Å². The first-order valence-corrected chi connectivity index (χ1v) is 2.31. The van der Waals surface area contributed by atoms with Gasteiger partial charge in [0, 0.05) is 6.54 Å². The molecule has 1 fully saturated rings. The van der Waals surface area contributed by atoms with E-state index in [9.17, 15) is 0 Å². The monoisotopic (exact) mass is 97.1 g/mol. The molecule has 1 aliphatic rings. The van der Waals surface area contributed by atoms with E-state index >= 15 is 0 Å². The predicted molar refractivity (Wildman–Crippen MR) is 25.2 cm³/mol. The molecule has 2 N–H and O–H groups in total. The summed E-state index contributed by atoms with van der Waals surface area (Å²) in [5, 5.41) is 8.21. The molecule has 3 heteroatoms. The Hall–Kier alpha value is -0.590. The third kappa shape index (κ3) is 0.889. The molecule has 0 aromatic rings. The van der Waals surface area contributed by atoms with Crippen molar-refractivity contribution in [1.82, 2.24) is 10.9 Å². The van der Waals surface area contributed by atoms with Crippen LogP contribution in [0.2, 0.25) is 0 Å². The van der Waals surface area contributed by atoms with Crippen LogP contribution in [0.4, 0.5) is 0 Å². The highest BCUT2D eigenvalue weighted by atomic mass is 15.4. The van der Waals surface area contributed by atoms with Crippen LogP contribution in [0.3, 0.4) is 0 Å². The lowest BCUT2D eigenvalue weighted by atomic mass is 10.3. The van der Waals surface area contributed by atoms with Crippen molar-refractivity contribution in [2.75, 3.05) is 6.54 Å². The Morgan fingerprint density at radius 1 is 1.71 bits per heavy atom. The number of nitrogens with zero attached hydrogens (tertiary/aromatic N) is 1. The van der Waals surface area contributed by atoms with Crippen molar-refractivity contribution in [2.45, 2.75) is 12.5 Å². The summed E-state index contributed by atoms with van der Waals surface area (Å²) in [6, 6.07) is 2.13. The van der Waals surface area contributed by atoms with Crippen LogP contribution in [0.25, 0.3) is 0 Å². The van der Waals surface area contributed by atoms with Crippen molar-refractivity contribution in [3.05, 3.63) is 0 Å². The molecule has 0 bridgehead atoms. The third-order valence-corrected chi connectivity index (χ3v) is 0.990. The minimum absolute atomic E-state index is 0.0417. The normalized spacial score (nSPS) is 29.9. The lowest BCUT2D eigenvalue weighted by molar-refractivity contribution is 0.638. The largest absolute Gasteiger partial charge is 0.257 e. The maximum atomic E-state index is 8.21. The Morgan fingerprint density at radius 3 is 2.86 bits per heavy atom. The predicted octanol–water partition coefficient (Wildman–Crippen LogP) is -0.624. The molecule has 0 spiro atoms. The summed E-state index contributed by atoms with van der Waals surface area (Å²) >= 11 is 0. The highest BCUT2D eigenvalue weighted by Gasteiger charge is 2.10. The summed E-state index contributed by atoms with van der Waals surface area (Å²) < 4.78 is 0. The maximum absolute atomic E-state index is 8.21. The number of hydrazine groups is 1. The zero-order chi connectivity index (χ0) is 5.11. The van der Waals surface area contributed by atoms with Gasteiger partial charge in [-0.05, 0) is 6.42 Å². The number of hydrogen-bond donors (Lipinski definition) is 2. The third-order valence-electron chi connectivity index (χ3n) is 0.990. The van der Waals surface area contributed by atoms with E-state index in [1.807, 2.05) is 0 Å². The first-order chi connectivity index (χ1) is 3.43. The van der Waals surface area contributed by atoms with Crippen molar-refractivity contribution in [2.24, 2.45) is 0 Å². The van der Waals surface area contributed by atoms with E-state index in [0.717, 1.165) is 13.0 Å². The molecule has 1 unspecified atom stereocenters. The first kappa shape index (κ1) is 4.57. The van der Waals surface area contributed by atoms with E-state index < -0.39 is 0 Å². The highest BCUT2D eigenvalue weighted by molar-refractivity contribution is 4.91. The van der Waals surface area contributed by atoms with Gasteiger partial charge in [0.2, 0.25) is 0 Å². The molecule has 1 rings (SSSR count). The van der Waals surface area contributed by atoms with Gasteiger partial charge < -0.3 is 0 Å². The molecule has 0 aliphatic carbocycles. The van der Waals surface area contributed by atoms with Crippen LogP contribution in [0, 0.1) is 11.3 Å². The molecule has 7 heavy (non-hydrogen) atoms. The van der Waals surface area contributed by atoms with Crippen LogP contribution in [0.15, 0.2) is 0 Å². The number of nitriles is 1. The van der Waals surface area contributed by atoms with Crippen molar-refractivity contribution in [1.29, 1.82) is 5.26 Å². The van der Waals surface area contributed by atoms with E-state index in [0.29, 0.717) is 0 Å². The van der Waals surface area contributed by atoms with Gasteiger partial charge in [-0.25, -0.2) is 5.43 Å². The summed E-state index contributed by atoms with van der Waals surface area (Å²) in [6.07, 6.45) is 0.927. The highest BCUT2D eigenvalue weighted by Crippen LogP contribution is 1.90. The van der Waals surface area contributed by atoms with E-state index in [1.54, 1.807) is 0 Å². The summed E-state index contributed by atoms with van der Waals surface area (Å²) in [4.78, 5) is 0. The summed E-state index contributed by atoms with van der Waals surface area (Å²) in [5.74, 6) is 0. The quantitative estimate of drug-likeness (QED) is 0.423. The Labute approximate surface area is 42.3 Å². The molecule has 0 aromatic carbocycles. The van der Waals surface area contributed by atoms with Gasteiger partial charge in [0.05, 0.1) is 6.07 Å². The van der Waals surface area contributed by atoms with Gasteiger partial charge in [0.15, 0.2) is 0 Å². The second-order valence-corrected chi connectivity index (χ2v) is 1.54. The number of rotatable bonds is 0. The van der Waals surface area contributed by atoms with Gasteiger partial charge in [0.1, 0.15) is 6.04 Å². The minimum atomic E-state index is 0.0417. The van der Waals surface area contributed by atoms with E-state index in [1.165, 1.54) is 0 Å². The van der Waals surface area contributed by atoms with Gasteiger partial charge in [-0.15, -0.1) is 0 Å². The van der Waals surface area contributed by atoms with Crippen LogP contribution in [-0.4, -0.2) is 12.6 Å². The van der Waals surface area contributed by atoms with E-state index in [2.05, 4.69) is 16.9 Å². The Morgan fingerprint density at radius 2 is 2.57 bits per heavy atom. The van der Waals surface area contributed by atoms with Crippen molar-refractivity contribution in [3.8, 4) is 6.07 Å². The van der Waals surface area contributed by atoms with Crippen molar-refractivity contribution >= 4 is 0 Å².